The molecular weight excluding hydrogens is 226 g/mol. The second kappa shape index (κ2) is 6.59. The minimum atomic E-state index is 0.307. The van der Waals surface area contributed by atoms with Gasteiger partial charge in [-0.3, -0.25) is 0 Å². The zero-order chi connectivity index (χ0) is 12.8. The van der Waals surface area contributed by atoms with Gasteiger partial charge >= 0.3 is 0 Å². The van der Waals surface area contributed by atoms with Gasteiger partial charge in [0, 0.05) is 13.2 Å². The number of hydrogen-bond acceptors (Lipinski definition) is 4. The molecule has 1 aliphatic rings. The predicted octanol–water partition coefficient (Wildman–Crippen LogP) is 2.88. The summed E-state index contributed by atoms with van der Waals surface area (Å²) < 4.78 is 5.68. The van der Waals surface area contributed by atoms with Crippen LogP contribution in [-0.2, 0) is 4.74 Å². The first-order chi connectivity index (χ1) is 8.79. The van der Waals surface area contributed by atoms with E-state index in [1.54, 1.807) is 0 Å². The van der Waals surface area contributed by atoms with Crippen LogP contribution in [0.4, 0.5) is 11.6 Å². The van der Waals surface area contributed by atoms with E-state index in [2.05, 4.69) is 29.5 Å². The molecule has 100 valence electrons. The van der Waals surface area contributed by atoms with Gasteiger partial charge in [-0.1, -0.05) is 13.0 Å². The number of pyridine rings is 1. The van der Waals surface area contributed by atoms with E-state index >= 15 is 0 Å². The Kier molecular flexibility index (Phi) is 4.81. The summed E-state index contributed by atoms with van der Waals surface area (Å²) in [6, 6.07) is 6.33. The average molecular weight is 249 g/mol. The van der Waals surface area contributed by atoms with Gasteiger partial charge in [0.1, 0.15) is 11.6 Å². The Morgan fingerprint density at radius 1 is 1.44 bits per heavy atom. The number of rotatable bonds is 6. The number of ether oxygens (including phenoxy) is 1. The SMILES string of the molecule is CCCNc1cccc(NC(C)C2CCCO2)n1. The molecule has 2 heterocycles. The Bertz CT molecular complexity index is 364. The molecule has 2 N–H and O–H groups in total. The van der Waals surface area contributed by atoms with Crippen molar-refractivity contribution in [3.8, 4) is 0 Å². The summed E-state index contributed by atoms with van der Waals surface area (Å²) in [5.41, 5.74) is 0. The summed E-state index contributed by atoms with van der Waals surface area (Å²) >= 11 is 0. The van der Waals surface area contributed by atoms with Crippen LogP contribution in [-0.4, -0.2) is 30.3 Å². The van der Waals surface area contributed by atoms with Crippen LogP contribution in [0.25, 0.3) is 0 Å². The van der Waals surface area contributed by atoms with Crippen LogP contribution in [0.5, 0.6) is 0 Å². The fraction of sp³-hybridized carbons (Fsp3) is 0.643. The molecule has 4 heteroatoms. The zero-order valence-electron chi connectivity index (χ0n) is 11.3. The smallest absolute Gasteiger partial charge is 0.128 e. The lowest BCUT2D eigenvalue weighted by molar-refractivity contribution is 0.0995. The average Bonchev–Trinajstić information content (AvgIpc) is 2.91. The Morgan fingerprint density at radius 2 is 2.28 bits per heavy atom. The third-order valence-corrected chi connectivity index (χ3v) is 3.20. The molecule has 1 aromatic heterocycles. The van der Waals surface area contributed by atoms with Crippen molar-refractivity contribution >= 4 is 11.6 Å². The highest BCUT2D eigenvalue weighted by Crippen LogP contribution is 2.19. The summed E-state index contributed by atoms with van der Waals surface area (Å²) in [4.78, 5) is 4.54. The first-order valence-electron chi connectivity index (χ1n) is 6.88. The molecule has 0 spiro atoms. The Morgan fingerprint density at radius 3 is 3.00 bits per heavy atom. The van der Waals surface area contributed by atoms with Crippen LogP contribution in [0.1, 0.15) is 33.1 Å². The van der Waals surface area contributed by atoms with E-state index in [0.29, 0.717) is 12.1 Å². The molecule has 0 amide bonds. The number of anilines is 2. The number of nitrogens with one attached hydrogen (secondary N) is 2. The first kappa shape index (κ1) is 13.1. The molecule has 1 aromatic rings. The van der Waals surface area contributed by atoms with Gasteiger partial charge in [-0.25, -0.2) is 4.98 Å². The number of aromatic nitrogens is 1. The van der Waals surface area contributed by atoms with Gasteiger partial charge < -0.3 is 15.4 Å². The minimum Gasteiger partial charge on any atom is -0.376 e. The lowest BCUT2D eigenvalue weighted by Gasteiger charge is -2.20. The highest BCUT2D eigenvalue weighted by atomic mass is 16.5. The van der Waals surface area contributed by atoms with Crippen molar-refractivity contribution in [1.82, 2.24) is 4.98 Å². The van der Waals surface area contributed by atoms with Crippen LogP contribution in [0, 0.1) is 0 Å². The Hall–Kier alpha value is -1.29. The molecule has 1 fully saturated rings. The summed E-state index contributed by atoms with van der Waals surface area (Å²) in [6.07, 6.45) is 3.73. The zero-order valence-corrected chi connectivity index (χ0v) is 11.3. The lowest BCUT2D eigenvalue weighted by Crippen LogP contribution is -2.30. The van der Waals surface area contributed by atoms with E-state index in [1.807, 2.05) is 18.2 Å². The standard InChI is InChI=1S/C14H23N3O/c1-3-9-15-13-7-4-8-14(17-13)16-11(2)12-6-5-10-18-12/h4,7-8,11-12H,3,5-6,9-10H2,1-2H3,(H2,15,16,17). The van der Waals surface area contributed by atoms with Gasteiger partial charge in [-0.05, 0) is 38.3 Å². The molecule has 0 aliphatic carbocycles. The van der Waals surface area contributed by atoms with Crippen molar-refractivity contribution in [1.29, 1.82) is 0 Å². The molecule has 18 heavy (non-hydrogen) atoms. The van der Waals surface area contributed by atoms with Crippen LogP contribution >= 0.6 is 0 Å². The Balaban J connectivity index is 1.91. The third-order valence-electron chi connectivity index (χ3n) is 3.20. The van der Waals surface area contributed by atoms with Crippen molar-refractivity contribution in [3.63, 3.8) is 0 Å². The quantitative estimate of drug-likeness (QED) is 0.814. The summed E-state index contributed by atoms with van der Waals surface area (Å²) in [6.45, 7) is 6.15. The fourth-order valence-electron chi connectivity index (χ4n) is 2.19. The highest BCUT2D eigenvalue weighted by Gasteiger charge is 2.22. The van der Waals surface area contributed by atoms with Crippen molar-refractivity contribution < 1.29 is 4.74 Å². The fourth-order valence-corrected chi connectivity index (χ4v) is 2.19. The van der Waals surface area contributed by atoms with Crippen LogP contribution < -0.4 is 10.6 Å². The second-order valence-electron chi connectivity index (χ2n) is 4.82. The molecule has 0 bridgehead atoms. The highest BCUT2D eigenvalue weighted by molar-refractivity contribution is 5.45. The van der Waals surface area contributed by atoms with E-state index in [1.165, 1.54) is 6.42 Å². The monoisotopic (exact) mass is 249 g/mol. The van der Waals surface area contributed by atoms with Gasteiger partial charge in [0.15, 0.2) is 0 Å². The molecule has 0 saturated carbocycles. The van der Waals surface area contributed by atoms with E-state index < -0.39 is 0 Å². The number of nitrogens with zero attached hydrogens (tertiary/aromatic N) is 1. The van der Waals surface area contributed by atoms with Crippen LogP contribution in [0.3, 0.4) is 0 Å². The minimum absolute atomic E-state index is 0.307. The summed E-state index contributed by atoms with van der Waals surface area (Å²) in [7, 11) is 0. The molecule has 4 nitrogen and oxygen atoms in total. The number of hydrogen-bond donors (Lipinski definition) is 2. The second-order valence-corrected chi connectivity index (χ2v) is 4.82. The normalized spacial score (nSPS) is 20.7. The molecule has 0 radical (unpaired) electrons. The molecular formula is C14H23N3O. The predicted molar refractivity (Wildman–Crippen MR) is 75.1 cm³/mol. The van der Waals surface area contributed by atoms with Gasteiger partial charge in [-0.2, -0.15) is 0 Å². The molecule has 0 aromatic carbocycles. The maximum absolute atomic E-state index is 5.68. The third kappa shape index (κ3) is 3.60. The Labute approximate surface area is 109 Å². The van der Waals surface area contributed by atoms with E-state index in [-0.39, 0.29) is 0 Å². The van der Waals surface area contributed by atoms with E-state index in [9.17, 15) is 0 Å². The molecule has 2 unspecified atom stereocenters. The first-order valence-corrected chi connectivity index (χ1v) is 6.88. The van der Waals surface area contributed by atoms with Crippen molar-refractivity contribution in [3.05, 3.63) is 18.2 Å². The van der Waals surface area contributed by atoms with Gasteiger partial charge in [0.05, 0.1) is 12.1 Å². The van der Waals surface area contributed by atoms with Crippen molar-refractivity contribution in [2.45, 2.75) is 45.3 Å². The van der Waals surface area contributed by atoms with Crippen molar-refractivity contribution in [2.24, 2.45) is 0 Å². The van der Waals surface area contributed by atoms with Crippen LogP contribution in [0.2, 0.25) is 0 Å². The largest absolute Gasteiger partial charge is 0.376 e. The molecule has 1 saturated heterocycles. The van der Waals surface area contributed by atoms with E-state index in [0.717, 1.165) is 37.6 Å². The topological polar surface area (TPSA) is 46.2 Å². The van der Waals surface area contributed by atoms with E-state index in [4.69, 9.17) is 4.74 Å². The van der Waals surface area contributed by atoms with Gasteiger partial charge in [0.2, 0.25) is 0 Å². The summed E-state index contributed by atoms with van der Waals surface area (Å²) in [5.74, 6) is 1.85. The molecule has 1 aliphatic heterocycles. The molecule has 2 rings (SSSR count). The lowest BCUT2D eigenvalue weighted by atomic mass is 10.1. The van der Waals surface area contributed by atoms with Gasteiger partial charge in [0.25, 0.3) is 0 Å². The van der Waals surface area contributed by atoms with Crippen LogP contribution in [0.15, 0.2) is 18.2 Å². The van der Waals surface area contributed by atoms with Crippen molar-refractivity contribution in [2.75, 3.05) is 23.8 Å². The van der Waals surface area contributed by atoms with Gasteiger partial charge in [-0.15, -0.1) is 0 Å². The summed E-state index contributed by atoms with van der Waals surface area (Å²) in [5, 5.41) is 6.72. The molecule has 2 atom stereocenters. The maximum Gasteiger partial charge on any atom is 0.128 e. The maximum atomic E-state index is 5.68.